The number of alkyl halides is 3. The number of hydrogen-bond donors (Lipinski definition) is 1. The topological polar surface area (TPSA) is 65.4 Å². The van der Waals surface area contributed by atoms with Crippen LogP contribution in [0.15, 0.2) is 42.5 Å². The molecule has 1 aliphatic rings. The molecule has 0 aromatic heterocycles. The monoisotopic (exact) mass is 375 g/mol. The summed E-state index contributed by atoms with van der Waals surface area (Å²) in [7, 11) is 1.50. The first kappa shape index (κ1) is 18.6. The number of ether oxygens (including phenoxy) is 1. The first-order valence-corrected chi connectivity index (χ1v) is 8.17. The van der Waals surface area contributed by atoms with Crippen LogP contribution >= 0.6 is 0 Å². The number of benzene rings is 2. The molecule has 1 aliphatic heterocycles. The van der Waals surface area contributed by atoms with Gasteiger partial charge in [-0.25, -0.2) is 0 Å². The molecule has 3 rings (SSSR count). The summed E-state index contributed by atoms with van der Waals surface area (Å²) >= 11 is 0. The van der Waals surface area contributed by atoms with Gasteiger partial charge in [-0.05, 0) is 36.8 Å². The van der Waals surface area contributed by atoms with Crippen molar-refractivity contribution in [1.29, 1.82) is 5.26 Å². The molecule has 0 aliphatic carbocycles. The van der Waals surface area contributed by atoms with Crippen LogP contribution in [0.3, 0.4) is 0 Å². The lowest BCUT2D eigenvalue weighted by Gasteiger charge is -2.20. The summed E-state index contributed by atoms with van der Waals surface area (Å²) in [5.74, 6) is 0.293. The van der Waals surface area contributed by atoms with E-state index in [0.29, 0.717) is 24.4 Å². The minimum absolute atomic E-state index is 0.140. The smallest absolute Gasteiger partial charge is 0.417 e. The van der Waals surface area contributed by atoms with Crippen LogP contribution in [0.25, 0.3) is 0 Å². The summed E-state index contributed by atoms with van der Waals surface area (Å²) in [4.78, 5) is 14.3. The molecule has 8 heteroatoms. The molecule has 0 spiro atoms. The summed E-state index contributed by atoms with van der Waals surface area (Å²) < 4.78 is 44.6. The van der Waals surface area contributed by atoms with Gasteiger partial charge in [-0.2, -0.15) is 18.4 Å². The Bertz CT molecular complexity index is 906. The minimum atomic E-state index is -4.65. The second-order valence-corrected chi connectivity index (χ2v) is 6.02. The van der Waals surface area contributed by atoms with Gasteiger partial charge >= 0.3 is 6.18 Å². The zero-order chi connectivity index (χ0) is 19.6. The summed E-state index contributed by atoms with van der Waals surface area (Å²) in [5, 5.41) is 11.7. The largest absolute Gasteiger partial charge is 0.495 e. The van der Waals surface area contributed by atoms with Crippen molar-refractivity contribution in [3.8, 4) is 11.8 Å². The maximum atomic E-state index is 13.1. The highest BCUT2D eigenvalue weighted by Gasteiger charge is 2.36. The molecule has 27 heavy (non-hydrogen) atoms. The molecule has 1 heterocycles. The first-order chi connectivity index (χ1) is 12.8. The van der Waals surface area contributed by atoms with Crippen molar-refractivity contribution < 1.29 is 22.7 Å². The zero-order valence-electron chi connectivity index (χ0n) is 14.4. The van der Waals surface area contributed by atoms with E-state index < -0.39 is 23.3 Å². The fourth-order valence-electron chi connectivity index (χ4n) is 3.07. The molecule has 1 saturated heterocycles. The van der Waals surface area contributed by atoms with E-state index in [4.69, 9.17) is 10.00 Å². The molecule has 1 fully saturated rings. The van der Waals surface area contributed by atoms with E-state index in [1.165, 1.54) is 19.2 Å². The number of amides is 1. The number of hydrogen-bond acceptors (Lipinski definition) is 4. The van der Waals surface area contributed by atoms with Crippen molar-refractivity contribution in [3.05, 3.63) is 53.6 Å². The standard InChI is InChI=1S/C19H16F3N3O2/c1-27-17-5-3-2-4-16(17)25-9-8-15(18(25)26)24-13-7-6-12(11-23)14(10-13)19(20,21)22/h2-7,10,15,24H,8-9H2,1H3. The Morgan fingerprint density at radius 2 is 2.00 bits per heavy atom. The quantitative estimate of drug-likeness (QED) is 0.883. The maximum absolute atomic E-state index is 13.1. The molecule has 5 nitrogen and oxygen atoms in total. The lowest BCUT2D eigenvalue weighted by molar-refractivity contribution is -0.137. The van der Waals surface area contributed by atoms with E-state index in [2.05, 4.69) is 5.32 Å². The van der Waals surface area contributed by atoms with Gasteiger partial charge in [0.15, 0.2) is 0 Å². The molecular weight excluding hydrogens is 359 g/mol. The van der Waals surface area contributed by atoms with Crippen LogP contribution in [-0.4, -0.2) is 25.6 Å². The van der Waals surface area contributed by atoms with Crippen molar-refractivity contribution in [2.24, 2.45) is 0 Å². The SMILES string of the molecule is COc1ccccc1N1CCC(Nc2ccc(C#N)c(C(F)(F)F)c2)C1=O. The molecule has 1 unspecified atom stereocenters. The Hall–Kier alpha value is -3.21. The van der Waals surface area contributed by atoms with Gasteiger partial charge < -0.3 is 15.0 Å². The normalized spacial score (nSPS) is 16.9. The van der Waals surface area contributed by atoms with Gasteiger partial charge in [-0.3, -0.25) is 4.79 Å². The molecule has 0 saturated carbocycles. The molecule has 1 amide bonds. The molecule has 1 atom stereocenters. The van der Waals surface area contributed by atoms with Gasteiger partial charge in [0.2, 0.25) is 5.91 Å². The third-order valence-corrected chi connectivity index (χ3v) is 4.37. The van der Waals surface area contributed by atoms with Crippen LogP contribution in [0, 0.1) is 11.3 Å². The second-order valence-electron chi connectivity index (χ2n) is 6.02. The lowest BCUT2D eigenvalue weighted by Crippen LogP contribution is -2.33. The number of carbonyl (C=O) groups is 1. The highest BCUT2D eigenvalue weighted by Crippen LogP contribution is 2.35. The number of nitrogens with zero attached hydrogens (tertiary/aromatic N) is 2. The van der Waals surface area contributed by atoms with Crippen LogP contribution in [0.1, 0.15) is 17.5 Å². The fraction of sp³-hybridized carbons (Fsp3) is 0.263. The molecule has 140 valence electrons. The Morgan fingerprint density at radius 3 is 2.67 bits per heavy atom. The summed E-state index contributed by atoms with van der Waals surface area (Å²) in [6, 6.07) is 11.3. The fourth-order valence-corrected chi connectivity index (χ4v) is 3.07. The van der Waals surface area contributed by atoms with Crippen LogP contribution in [-0.2, 0) is 11.0 Å². The molecular formula is C19H16F3N3O2. The molecule has 0 bridgehead atoms. The van der Waals surface area contributed by atoms with Crippen molar-refractivity contribution in [2.75, 3.05) is 23.9 Å². The first-order valence-electron chi connectivity index (χ1n) is 8.17. The predicted octanol–water partition coefficient (Wildman–Crippen LogP) is 3.80. The van der Waals surface area contributed by atoms with Gasteiger partial charge in [0, 0.05) is 12.2 Å². The maximum Gasteiger partial charge on any atom is 0.417 e. The number of nitriles is 1. The predicted molar refractivity (Wildman–Crippen MR) is 93.5 cm³/mol. The van der Waals surface area contributed by atoms with Gasteiger partial charge in [0.25, 0.3) is 0 Å². The van der Waals surface area contributed by atoms with Crippen LogP contribution in [0.2, 0.25) is 0 Å². The number of anilines is 2. The van der Waals surface area contributed by atoms with Crippen LogP contribution in [0.4, 0.5) is 24.5 Å². The summed E-state index contributed by atoms with van der Waals surface area (Å²) in [6.45, 7) is 0.416. The highest BCUT2D eigenvalue weighted by atomic mass is 19.4. The highest BCUT2D eigenvalue weighted by molar-refractivity contribution is 6.02. The van der Waals surface area contributed by atoms with Gasteiger partial charge in [0.05, 0.1) is 30.0 Å². The second kappa shape index (κ2) is 7.19. The van der Waals surface area contributed by atoms with Crippen LogP contribution < -0.4 is 15.0 Å². The Labute approximate surface area is 154 Å². The summed E-state index contributed by atoms with van der Waals surface area (Å²) in [6.07, 6.45) is -4.22. The zero-order valence-corrected chi connectivity index (χ0v) is 14.4. The van der Waals surface area contributed by atoms with E-state index in [1.54, 1.807) is 29.2 Å². The Balaban J connectivity index is 1.82. The number of methoxy groups -OCH3 is 1. The van der Waals surface area contributed by atoms with Gasteiger partial charge in [-0.15, -0.1) is 0 Å². The average molecular weight is 375 g/mol. The van der Waals surface area contributed by atoms with Crippen molar-refractivity contribution in [3.63, 3.8) is 0 Å². The van der Waals surface area contributed by atoms with E-state index in [9.17, 15) is 18.0 Å². The van der Waals surface area contributed by atoms with Gasteiger partial charge in [-0.1, -0.05) is 12.1 Å². The number of halogens is 3. The van der Waals surface area contributed by atoms with Crippen molar-refractivity contribution in [1.82, 2.24) is 0 Å². The molecule has 1 N–H and O–H groups in total. The molecule has 0 radical (unpaired) electrons. The number of carbonyl (C=O) groups excluding carboxylic acids is 1. The Kier molecular flexibility index (Phi) is 4.95. The van der Waals surface area contributed by atoms with E-state index in [0.717, 1.165) is 12.1 Å². The van der Waals surface area contributed by atoms with E-state index in [-0.39, 0.29) is 11.6 Å². The summed E-state index contributed by atoms with van der Waals surface area (Å²) in [5.41, 5.74) is -0.727. The Morgan fingerprint density at radius 1 is 1.26 bits per heavy atom. The average Bonchev–Trinajstić information content (AvgIpc) is 3.01. The van der Waals surface area contributed by atoms with Gasteiger partial charge in [0.1, 0.15) is 11.8 Å². The molecule has 2 aromatic carbocycles. The third-order valence-electron chi connectivity index (χ3n) is 4.37. The van der Waals surface area contributed by atoms with Crippen molar-refractivity contribution in [2.45, 2.75) is 18.6 Å². The molecule has 2 aromatic rings. The van der Waals surface area contributed by atoms with E-state index in [1.807, 2.05) is 0 Å². The minimum Gasteiger partial charge on any atom is -0.495 e. The van der Waals surface area contributed by atoms with Crippen LogP contribution in [0.5, 0.6) is 5.75 Å². The van der Waals surface area contributed by atoms with E-state index >= 15 is 0 Å². The lowest BCUT2D eigenvalue weighted by atomic mass is 10.1. The third kappa shape index (κ3) is 3.67. The number of nitrogens with one attached hydrogen (secondary N) is 1. The number of para-hydroxylation sites is 2. The number of rotatable bonds is 4. The van der Waals surface area contributed by atoms with Crippen molar-refractivity contribution >= 4 is 17.3 Å².